The Kier molecular flexibility index (Phi) is 13.4. The molecule has 12 atom stereocenters. The number of nitrogen functional groups attached to an aromatic ring is 4. The van der Waals surface area contributed by atoms with Gasteiger partial charge in [-0.05, 0) is 52.0 Å². The molecule has 0 aromatic carbocycles. The molecule has 3 aliphatic heterocycles. The van der Waals surface area contributed by atoms with Gasteiger partial charge in [0.15, 0.2) is 34.0 Å². The molecule has 0 aliphatic carbocycles. The summed E-state index contributed by atoms with van der Waals surface area (Å²) < 4.78 is 37.2. The fourth-order valence-electron chi connectivity index (χ4n) is 8.83. The van der Waals surface area contributed by atoms with E-state index in [9.17, 15) is 4.39 Å². The molecule has 3 fully saturated rings. The molecule has 22 heteroatoms. The van der Waals surface area contributed by atoms with Gasteiger partial charge in [0.25, 0.3) is 0 Å². The number of rotatable bonds is 6. The van der Waals surface area contributed by atoms with Crippen molar-refractivity contribution in [2.75, 3.05) is 22.9 Å². The third-order valence-corrected chi connectivity index (χ3v) is 13.0. The van der Waals surface area contributed by atoms with Crippen molar-refractivity contribution in [1.82, 2.24) is 58.6 Å². The standard InChI is InChI=1S/C13H18FN5O.C13H18N7O.C13H20N6O.CH4/c1-4-8-6(2)7(3)12(20-8)19-5-16-9-10(15)17-13(14)18-11(9)19;1-4-8-6(2)7(3)12(21-8)20-5-16-9-10(14)17-13(19-15)18-11(9)20;1-4-8-6(2)7(3)12(20-8)19-5-16-9-10(14)17-13(15)18-11(9)19;/h5-8,12H,4H2,1-3H3,(H2,15,17,18);5-8,12H,4H2,1-3H3,(H2,14,17,18);5-8,12H,4H2,1-3H3,(H4,14,15,17,18);1H4/q;+1;;/t3*6-,7+,8+,12+;/m000./s1/i14-1;;;. The predicted octanol–water partition coefficient (Wildman–Crippen LogP) is 6.81. The molecular weight excluding hydrogens is 799 g/mol. The zero-order valence-electron chi connectivity index (χ0n) is 36.0. The van der Waals surface area contributed by atoms with Gasteiger partial charge in [-0.2, -0.15) is 24.3 Å². The summed E-state index contributed by atoms with van der Waals surface area (Å²) in [6.07, 6.45) is 7.23. The highest BCUT2D eigenvalue weighted by Crippen LogP contribution is 2.43. The second-order valence-corrected chi connectivity index (χ2v) is 16.4. The molecule has 3 saturated heterocycles. The molecule has 3 aliphatic rings. The maximum Gasteiger partial charge on any atom is 0.565 e. The topological polar surface area (TPSA) is 291 Å². The second-order valence-electron chi connectivity index (χ2n) is 16.4. The Hall–Kier alpha value is -5.92. The minimum atomic E-state index is -0.845. The van der Waals surface area contributed by atoms with E-state index in [2.05, 4.69) is 112 Å². The van der Waals surface area contributed by atoms with Crippen molar-refractivity contribution in [3.8, 4) is 0 Å². The van der Waals surface area contributed by atoms with E-state index in [1.54, 1.807) is 23.5 Å². The number of diazo groups is 1. The van der Waals surface area contributed by atoms with Gasteiger partial charge in [0, 0.05) is 17.8 Å². The summed E-state index contributed by atoms with van der Waals surface area (Å²) in [4.78, 5) is 39.3. The van der Waals surface area contributed by atoms with E-state index >= 15 is 0 Å². The number of fused-ring (bicyclic) bond motifs is 3. The van der Waals surface area contributed by atoms with Gasteiger partial charge in [-0.3, -0.25) is 13.7 Å². The summed E-state index contributed by atoms with van der Waals surface area (Å²) in [6.45, 7) is 19.4. The number of anilines is 4. The second kappa shape index (κ2) is 18.2. The van der Waals surface area contributed by atoms with Crippen molar-refractivity contribution in [3.63, 3.8) is 0 Å². The molecule has 0 radical (unpaired) electrons. The fourth-order valence-corrected chi connectivity index (χ4v) is 8.83. The largest absolute Gasteiger partial charge is 0.565 e. The average Bonchev–Trinajstić information content (AvgIpc) is 4.09. The highest BCUT2D eigenvalue weighted by atomic mass is 18.2. The molecule has 0 amide bonds. The lowest BCUT2D eigenvalue weighted by Gasteiger charge is -2.18. The molecule has 0 spiro atoms. The average molecular weight is 859 g/mol. The van der Waals surface area contributed by atoms with Gasteiger partial charge in [-0.25, -0.2) is 15.0 Å². The molecule has 0 saturated carbocycles. The number of hydrogen-bond donors (Lipinski definition) is 4. The van der Waals surface area contributed by atoms with Crippen molar-refractivity contribution >= 4 is 62.8 Å². The lowest BCUT2D eigenvalue weighted by atomic mass is 9.91. The van der Waals surface area contributed by atoms with Crippen molar-refractivity contribution in [2.24, 2.45) is 35.5 Å². The molecule has 9 heterocycles. The Morgan fingerprint density at radius 3 is 1.27 bits per heavy atom. The molecule has 0 bridgehead atoms. The van der Waals surface area contributed by atoms with Crippen LogP contribution in [0.2, 0.25) is 0 Å². The number of nitrogens with zero attached hydrogens (tertiary/aromatic N) is 14. The third kappa shape index (κ3) is 8.11. The summed E-state index contributed by atoms with van der Waals surface area (Å²) in [5.74, 6) is 2.95. The number of halogens is 1. The number of nitrogens with two attached hydrogens (primary N) is 4. The van der Waals surface area contributed by atoms with Crippen LogP contribution < -0.4 is 22.9 Å². The molecule has 62 heavy (non-hydrogen) atoms. The monoisotopic (exact) mass is 859 g/mol. The SMILES string of the molecule is C.CC[C@H]1O[C@@H](n2cnc3c(N)nc(N)nc32)[C@H](C)[C@@H]1C.CC[C@H]1O[C@@H](n2cnc3c(N)nc([18F])nc32)[C@H](C)[C@@H]1C.CC[C@H]1O[C@@H](n2cnc3c(N)nc([N+]#N)nc32)[C@H](C)[C@@H]1C. The zero-order chi connectivity index (χ0) is 44.0. The van der Waals surface area contributed by atoms with Crippen LogP contribution in [0.1, 0.15) is 108 Å². The van der Waals surface area contributed by atoms with E-state index < -0.39 is 6.08 Å². The maximum absolute atomic E-state index is 13.4. The first-order chi connectivity index (χ1) is 29.1. The van der Waals surface area contributed by atoms with Gasteiger partial charge in [0.2, 0.25) is 17.4 Å². The first kappa shape index (κ1) is 45.6. The van der Waals surface area contributed by atoms with Crippen LogP contribution in [0.5, 0.6) is 0 Å². The van der Waals surface area contributed by atoms with E-state index in [-0.39, 0.29) is 73.9 Å². The predicted molar refractivity (Wildman–Crippen MR) is 233 cm³/mol. The normalized spacial score (nSPS) is 29.2. The van der Waals surface area contributed by atoms with Gasteiger partial charge in [0.1, 0.15) is 30.5 Å². The Bertz CT molecular complexity index is 2440. The number of hydrogen-bond acceptors (Lipinski definition) is 17. The Morgan fingerprint density at radius 1 is 0.548 bits per heavy atom. The van der Waals surface area contributed by atoms with Crippen LogP contribution in [0.15, 0.2) is 19.0 Å². The number of imidazole rings is 3. The summed E-state index contributed by atoms with van der Waals surface area (Å²) in [5.41, 5.74) is 26.0. The van der Waals surface area contributed by atoms with E-state index in [0.29, 0.717) is 68.9 Å². The molecule has 21 nitrogen and oxygen atoms in total. The zero-order valence-corrected chi connectivity index (χ0v) is 36.0. The summed E-state index contributed by atoms with van der Waals surface area (Å²) in [6, 6.07) is 0. The van der Waals surface area contributed by atoms with E-state index in [1.807, 2.05) is 9.13 Å². The first-order valence-corrected chi connectivity index (χ1v) is 20.8. The number of ether oxygens (including phenoxy) is 3. The van der Waals surface area contributed by atoms with Gasteiger partial charge in [-0.15, -0.1) is 0 Å². The quantitative estimate of drug-likeness (QED) is 0.0988. The molecule has 6 aromatic rings. The van der Waals surface area contributed by atoms with E-state index in [1.165, 1.54) is 0 Å². The first-order valence-electron chi connectivity index (χ1n) is 20.8. The van der Waals surface area contributed by atoms with Gasteiger partial charge in [-0.1, -0.05) is 69.7 Å². The summed E-state index contributed by atoms with van der Waals surface area (Å²) >= 11 is 0. The lowest BCUT2D eigenvalue weighted by molar-refractivity contribution is -0.0121. The minimum absolute atomic E-state index is 0. The van der Waals surface area contributed by atoms with Crippen molar-refractivity contribution in [1.29, 1.82) is 5.39 Å². The minimum Gasteiger partial charge on any atom is -0.382 e. The Morgan fingerprint density at radius 2 is 0.903 bits per heavy atom. The molecule has 9 rings (SSSR count). The smallest absolute Gasteiger partial charge is 0.382 e. The van der Waals surface area contributed by atoms with Crippen LogP contribution in [0.4, 0.5) is 33.7 Å². The van der Waals surface area contributed by atoms with Crippen LogP contribution in [0.25, 0.3) is 38.5 Å². The van der Waals surface area contributed by atoms with Gasteiger partial charge in [0.05, 0.1) is 36.4 Å². The summed E-state index contributed by atoms with van der Waals surface area (Å²) in [7, 11) is 0. The van der Waals surface area contributed by atoms with Crippen LogP contribution in [0, 0.1) is 47.0 Å². The van der Waals surface area contributed by atoms with Crippen LogP contribution >= 0.6 is 0 Å². The van der Waals surface area contributed by atoms with Crippen molar-refractivity contribution < 1.29 is 18.6 Å². The molecule has 0 unspecified atom stereocenters. The van der Waals surface area contributed by atoms with Crippen LogP contribution in [-0.4, -0.2) is 76.9 Å². The maximum atomic E-state index is 13.4. The molecule has 8 N–H and O–H groups in total. The van der Waals surface area contributed by atoms with Crippen LogP contribution in [-0.2, 0) is 14.2 Å². The summed E-state index contributed by atoms with van der Waals surface area (Å²) in [5, 5.41) is 8.87. The van der Waals surface area contributed by atoms with Crippen molar-refractivity contribution in [2.45, 2.75) is 126 Å². The Labute approximate surface area is 359 Å². The third-order valence-electron chi connectivity index (χ3n) is 13.0. The number of aromatic nitrogens is 12. The van der Waals surface area contributed by atoms with E-state index in [4.69, 9.17) is 42.5 Å². The highest BCUT2D eigenvalue weighted by molar-refractivity contribution is 5.84. The Balaban J connectivity index is 0.000000154. The lowest BCUT2D eigenvalue weighted by Crippen LogP contribution is -2.16. The van der Waals surface area contributed by atoms with Gasteiger partial charge >= 0.3 is 12.0 Å². The van der Waals surface area contributed by atoms with Crippen LogP contribution in [0.3, 0.4) is 0 Å². The van der Waals surface area contributed by atoms with Crippen molar-refractivity contribution in [3.05, 3.63) is 30.0 Å². The molecule has 6 aromatic heterocycles. The van der Waals surface area contributed by atoms with E-state index in [0.717, 1.165) is 19.3 Å². The molecule has 334 valence electrons. The fraction of sp³-hybridized carbons (Fsp3) is 0.625. The molecular formula is C40H60FN18O3+. The van der Waals surface area contributed by atoms with Gasteiger partial charge < -0.3 is 37.1 Å². The highest BCUT2D eigenvalue weighted by Gasteiger charge is 2.42.